The lowest BCUT2D eigenvalue weighted by Crippen LogP contribution is -2.34. The van der Waals surface area contributed by atoms with E-state index in [2.05, 4.69) is 0 Å². The number of rotatable bonds is 4. The van der Waals surface area contributed by atoms with E-state index >= 15 is 0 Å². The molecule has 1 rings (SSSR count). The van der Waals surface area contributed by atoms with Crippen molar-refractivity contribution in [3.8, 4) is 5.75 Å². The van der Waals surface area contributed by atoms with Crippen LogP contribution in [0, 0.1) is 5.21 Å². The zero-order valence-corrected chi connectivity index (χ0v) is 8.99. The fourth-order valence-electron chi connectivity index (χ4n) is 1.19. The Kier molecular flexibility index (Phi) is 3.49. The van der Waals surface area contributed by atoms with Gasteiger partial charge in [-0.2, -0.15) is 0 Å². The highest BCUT2D eigenvalue weighted by Gasteiger charge is 2.02. The van der Waals surface area contributed by atoms with Crippen molar-refractivity contribution in [1.82, 2.24) is 0 Å². The van der Waals surface area contributed by atoms with Crippen LogP contribution >= 0.6 is 0 Å². The topological polar surface area (TPSA) is 32.3 Å². The highest BCUT2D eigenvalue weighted by molar-refractivity contribution is 5.27. The van der Waals surface area contributed by atoms with Crippen molar-refractivity contribution >= 4 is 0 Å². The lowest BCUT2D eigenvalue weighted by Gasteiger charge is -2.33. The smallest absolute Gasteiger partial charge is 0.118 e. The van der Waals surface area contributed by atoms with Crippen molar-refractivity contribution in [2.45, 2.75) is 6.42 Å². The molecule has 0 spiro atoms. The average molecular weight is 195 g/mol. The molecule has 3 heteroatoms. The van der Waals surface area contributed by atoms with E-state index in [4.69, 9.17) is 4.74 Å². The molecule has 3 nitrogen and oxygen atoms in total. The Morgan fingerprint density at radius 2 is 1.79 bits per heavy atom. The van der Waals surface area contributed by atoms with E-state index < -0.39 is 0 Å². The van der Waals surface area contributed by atoms with Gasteiger partial charge >= 0.3 is 0 Å². The minimum absolute atomic E-state index is 0.244. The third-order valence-electron chi connectivity index (χ3n) is 2.10. The second kappa shape index (κ2) is 4.44. The summed E-state index contributed by atoms with van der Waals surface area (Å²) in [6, 6.07) is 7.82. The Morgan fingerprint density at radius 3 is 2.21 bits per heavy atom. The van der Waals surface area contributed by atoms with Gasteiger partial charge in [-0.3, -0.25) is 0 Å². The summed E-state index contributed by atoms with van der Waals surface area (Å²) in [5.74, 6) is 0.852. The monoisotopic (exact) mass is 195 g/mol. The summed E-state index contributed by atoms with van der Waals surface area (Å²) < 4.78 is 4.80. The summed E-state index contributed by atoms with van der Waals surface area (Å²) in [4.78, 5) is 0. The summed E-state index contributed by atoms with van der Waals surface area (Å²) in [7, 11) is 4.96. The van der Waals surface area contributed by atoms with Crippen LogP contribution in [-0.4, -0.2) is 32.4 Å². The first kappa shape index (κ1) is 11.0. The van der Waals surface area contributed by atoms with Crippen LogP contribution in [0.5, 0.6) is 5.75 Å². The summed E-state index contributed by atoms with van der Waals surface area (Å²) in [5.41, 5.74) is 1.17. The fraction of sp³-hybridized carbons (Fsp3) is 0.455. The molecule has 14 heavy (non-hydrogen) atoms. The fourth-order valence-corrected chi connectivity index (χ4v) is 1.19. The Balaban J connectivity index is 2.52. The van der Waals surface area contributed by atoms with Gasteiger partial charge in [-0.05, 0) is 17.7 Å². The minimum atomic E-state index is -0.244. The van der Waals surface area contributed by atoms with E-state index in [-0.39, 0.29) is 4.65 Å². The Hall–Kier alpha value is -1.06. The average Bonchev–Trinajstić information content (AvgIpc) is 2.14. The maximum Gasteiger partial charge on any atom is 0.118 e. The summed E-state index contributed by atoms with van der Waals surface area (Å²) in [5, 5.41) is 11.3. The Bertz CT molecular complexity index is 274. The lowest BCUT2D eigenvalue weighted by molar-refractivity contribution is -0.839. The number of hydrogen-bond donors (Lipinski definition) is 0. The standard InChI is InChI=1S/C11H17NO2/c1-12(2,13)9-8-10-4-6-11(14-3)7-5-10/h4-7H,8-9H2,1-3H3. The SMILES string of the molecule is COc1ccc(CC[N+](C)(C)[O-])cc1. The van der Waals surface area contributed by atoms with E-state index in [1.54, 1.807) is 21.2 Å². The molecule has 0 aliphatic carbocycles. The molecule has 0 saturated carbocycles. The number of nitrogens with zero attached hydrogens (tertiary/aromatic N) is 1. The first-order valence-electron chi connectivity index (χ1n) is 4.68. The minimum Gasteiger partial charge on any atom is -0.633 e. The van der Waals surface area contributed by atoms with E-state index in [0.29, 0.717) is 6.54 Å². The van der Waals surface area contributed by atoms with Gasteiger partial charge in [0.1, 0.15) is 5.75 Å². The first-order valence-corrected chi connectivity index (χ1v) is 4.68. The Labute approximate surface area is 85.1 Å². The maximum absolute atomic E-state index is 11.3. The third kappa shape index (κ3) is 3.77. The number of hydrogen-bond acceptors (Lipinski definition) is 2. The molecule has 0 bridgehead atoms. The van der Waals surface area contributed by atoms with Crippen molar-refractivity contribution in [2.75, 3.05) is 27.7 Å². The molecule has 1 aromatic carbocycles. The zero-order valence-electron chi connectivity index (χ0n) is 8.99. The van der Waals surface area contributed by atoms with Gasteiger partial charge in [0.15, 0.2) is 0 Å². The molecule has 0 aromatic heterocycles. The summed E-state index contributed by atoms with van der Waals surface area (Å²) >= 11 is 0. The van der Waals surface area contributed by atoms with Gasteiger partial charge in [0, 0.05) is 6.42 Å². The van der Waals surface area contributed by atoms with E-state index in [1.165, 1.54) is 5.56 Å². The van der Waals surface area contributed by atoms with Gasteiger partial charge in [-0.25, -0.2) is 0 Å². The predicted octanol–water partition coefficient (Wildman–Crippen LogP) is 1.81. The highest BCUT2D eigenvalue weighted by Crippen LogP contribution is 2.12. The zero-order chi connectivity index (χ0) is 10.6. The maximum atomic E-state index is 11.3. The van der Waals surface area contributed by atoms with E-state index in [9.17, 15) is 5.21 Å². The van der Waals surface area contributed by atoms with Crippen LogP contribution in [0.4, 0.5) is 0 Å². The molecule has 0 amide bonds. The normalized spacial score (nSPS) is 11.4. The van der Waals surface area contributed by atoms with Gasteiger partial charge in [-0.15, -0.1) is 0 Å². The first-order chi connectivity index (χ1) is 6.51. The molecule has 1 aromatic rings. The van der Waals surface area contributed by atoms with Crippen LogP contribution < -0.4 is 4.74 Å². The molecule has 0 unspecified atom stereocenters. The van der Waals surface area contributed by atoms with Crippen LogP contribution in [0.25, 0.3) is 0 Å². The number of hydroxylamine groups is 3. The van der Waals surface area contributed by atoms with Gasteiger partial charge in [0.2, 0.25) is 0 Å². The molecular weight excluding hydrogens is 178 g/mol. The van der Waals surface area contributed by atoms with Crippen LogP contribution in [0.2, 0.25) is 0 Å². The van der Waals surface area contributed by atoms with E-state index in [1.807, 2.05) is 24.3 Å². The Morgan fingerprint density at radius 1 is 1.21 bits per heavy atom. The second-order valence-corrected chi connectivity index (χ2v) is 3.90. The third-order valence-corrected chi connectivity index (χ3v) is 2.10. The summed E-state index contributed by atoms with van der Waals surface area (Å²) in [6.45, 7) is 0.604. The molecule has 0 aliphatic heterocycles. The highest BCUT2D eigenvalue weighted by atomic mass is 16.5. The lowest BCUT2D eigenvalue weighted by atomic mass is 10.1. The predicted molar refractivity (Wildman–Crippen MR) is 57.0 cm³/mol. The van der Waals surface area contributed by atoms with Crippen molar-refractivity contribution < 1.29 is 9.38 Å². The van der Waals surface area contributed by atoms with Gasteiger partial charge in [0.05, 0.1) is 27.7 Å². The van der Waals surface area contributed by atoms with E-state index in [0.717, 1.165) is 12.2 Å². The summed E-state index contributed by atoms with van der Waals surface area (Å²) in [6.07, 6.45) is 0.806. The van der Waals surface area contributed by atoms with Crippen LogP contribution in [0.3, 0.4) is 0 Å². The number of quaternary nitrogens is 1. The van der Waals surface area contributed by atoms with Crippen LogP contribution in [0.15, 0.2) is 24.3 Å². The number of likely N-dealkylation sites (N-methyl/N-ethyl adjacent to an activating group) is 1. The van der Waals surface area contributed by atoms with Crippen molar-refractivity contribution in [1.29, 1.82) is 0 Å². The second-order valence-electron chi connectivity index (χ2n) is 3.90. The van der Waals surface area contributed by atoms with Crippen LogP contribution in [-0.2, 0) is 6.42 Å². The molecule has 0 aliphatic rings. The van der Waals surface area contributed by atoms with Gasteiger partial charge in [-0.1, -0.05) is 12.1 Å². The number of benzene rings is 1. The molecule has 0 saturated heterocycles. The number of methoxy groups -OCH3 is 1. The number of ether oxygens (including phenoxy) is 1. The van der Waals surface area contributed by atoms with Crippen molar-refractivity contribution in [2.24, 2.45) is 0 Å². The van der Waals surface area contributed by atoms with Gasteiger partial charge < -0.3 is 14.6 Å². The molecule has 0 N–H and O–H groups in total. The molecule has 0 atom stereocenters. The van der Waals surface area contributed by atoms with Crippen molar-refractivity contribution in [3.05, 3.63) is 35.0 Å². The molecule has 0 fully saturated rings. The van der Waals surface area contributed by atoms with Crippen molar-refractivity contribution in [3.63, 3.8) is 0 Å². The largest absolute Gasteiger partial charge is 0.633 e. The molecule has 0 heterocycles. The molecule has 0 radical (unpaired) electrons. The molecular formula is C11H17NO2. The molecule has 78 valence electrons. The van der Waals surface area contributed by atoms with Gasteiger partial charge in [0.25, 0.3) is 0 Å². The van der Waals surface area contributed by atoms with Crippen LogP contribution in [0.1, 0.15) is 5.56 Å². The quantitative estimate of drug-likeness (QED) is 0.542.